The number of unbranched alkanes of at least 4 members (excludes halogenated alkanes) is 5. The van der Waals surface area contributed by atoms with E-state index < -0.39 is 6.10 Å². The molecule has 0 radical (unpaired) electrons. The van der Waals surface area contributed by atoms with Crippen LogP contribution in [0.5, 0.6) is 0 Å². The average Bonchev–Trinajstić information content (AvgIpc) is 3.00. The number of aliphatic hydroxyl groups is 1. The quantitative estimate of drug-likeness (QED) is 0.511. The lowest BCUT2D eigenvalue weighted by atomic mass is 10.1. The molecule has 6 heteroatoms. The molecule has 0 saturated heterocycles. The fourth-order valence-electron chi connectivity index (χ4n) is 2.08. The maximum atomic E-state index is 9.76. The van der Waals surface area contributed by atoms with Gasteiger partial charge in [-0.15, -0.1) is 5.10 Å². The van der Waals surface area contributed by atoms with Crippen molar-refractivity contribution in [2.45, 2.75) is 58.1 Å². The first-order valence-electron chi connectivity index (χ1n) is 8.13. The zero-order valence-electron chi connectivity index (χ0n) is 13.2. The smallest absolute Gasteiger partial charge is 0.0897 e. The Morgan fingerprint density at radius 1 is 1.24 bits per heavy atom. The highest BCUT2D eigenvalue weighted by molar-refractivity contribution is 4.65. The lowest BCUT2D eigenvalue weighted by molar-refractivity contribution is 0.0354. The second-order valence-electron chi connectivity index (χ2n) is 5.37. The molecule has 1 atom stereocenters. The van der Waals surface area contributed by atoms with Crippen LogP contribution in [0.1, 0.15) is 45.4 Å². The number of hydrogen-bond donors (Lipinski definition) is 2. The van der Waals surface area contributed by atoms with Crippen molar-refractivity contribution < 1.29 is 9.84 Å². The van der Waals surface area contributed by atoms with Crippen molar-refractivity contribution >= 4 is 0 Å². The van der Waals surface area contributed by atoms with Crippen LogP contribution in [0, 0.1) is 0 Å². The van der Waals surface area contributed by atoms with Gasteiger partial charge in [0.15, 0.2) is 0 Å². The van der Waals surface area contributed by atoms with Gasteiger partial charge in [0.25, 0.3) is 0 Å². The summed E-state index contributed by atoms with van der Waals surface area (Å²) in [5, 5.41) is 20.5. The maximum Gasteiger partial charge on any atom is 0.0897 e. The van der Waals surface area contributed by atoms with Crippen LogP contribution >= 0.6 is 0 Å². The Hall–Kier alpha value is -0.980. The molecule has 0 amide bonds. The van der Waals surface area contributed by atoms with E-state index >= 15 is 0 Å². The van der Waals surface area contributed by atoms with E-state index in [1.807, 2.05) is 6.20 Å². The first-order chi connectivity index (χ1) is 10.3. The summed E-state index contributed by atoms with van der Waals surface area (Å²) in [6, 6.07) is 0. The van der Waals surface area contributed by atoms with Crippen molar-refractivity contribution in [2.24, 2.45) is 0 Å². The van der Waals surface area contributed by atoms with Gasteiger partial charge in [0, 0.05) is 25.9 Å². The van der Waals surface area contributed by atoms with E-state index in [-0.39, 0.29) is 0 Å². The number of aromatic nitrogens is 3. The van der Waals surface area contributed by atoms with Crippen molar-refractivity contribution in [1.82, 2.24) is 20.3 Å². The van der Waals surface area contributed by atoms with Gasteiger partial charge in [-0.1, -0.05) is 44.2 Å². The third-order valence-corrected chi connectivity index (χ3v) is 3.32. The predicted octanol–water partition coefficient (Wildman–Crippen LogP) is 1.61. The minimum absolute atomic E-state index is 0.408. The molecule has 0 aliphatic heterocycles. The Balaban J connectivity index is 1.82. The molecule has 1 rings (SSSR count). The predicted molar refractivity (Wildman–Crippen MR) is 83.1 cm³/mol. The van der Waals surface area contributed by atoms with Crippen LogP contribution in [0.4, 0.5) is 0 Å². The fraction of sp³-hybridized carbons (Fsp3) is 0.867. The molecule has 0 spiro atoms. The van der Waals surface area contributed by atoms with Crippen LogP contribution in [-0.2, 0) is 11.3 Å². The highest BCUT2D eigenvalue weighted by Crippen LogP contribution is 2.04. The Kier molecular flexibility index (Phi) is 11.0. The number of aliphatic hydroxyl groups excluding tert-OH is 1. The van der Waals surface area contributed by atoms with Gasteiger partial charge in [0.1, 0.15) is 0 Å². The first kappa shape index (κ1) is 18.1. The second-order valence-corrected chi connectivity index (χ2v) is 5.37. The molecule has 0 aliphatic rings. The molecular weight excluding hydrogens is 268 g/mol. The van der Waals surface area contributed by atoms with E-state index in [4.69, 9.17) is 4.74 Å². The van der Waals surface area contributed by atoms with Gasteiger partial charge in [0.2, 0.25) is 0 Å². The second kappa shape index (κ2) is 12.7. The highest BCUT2D eigenvalue weighted by Gasteiger charge is 2.03. The van der Waals surface area contributed by atoms with Crippen LogP contribution < -0.4 is 5.32 Å². The fourth-order valence-corrected chi connectivity index (χ4v) is 2.08. The Bertz CT molecular complexity index is 319. The molecule has 1 heterocycles. The van der Waals surface area contributed by atoms with Crippen molar-refractivity contribution in [3.8, 4) is 0 Å². The van der Waals surface area contributed by atoms with E-state index in [0.29, 0.717) is 13.2 Å². The van der Waals surface area contributed by atoms with Crippen LogP contribution in [-0.4, -0.2) is 52.5 Å². The molecule has 1 unspecified atom stereocenters. The van der Waals surface area contributed by atoms with E-state index in [9.17, 15) is 5.11 Å². The monoisotopic (exact) mass is 298 g/mol. The van der Waals surface area contributed by atoms with Gasteiger partial charge in [-0.05, 0) is 6.42 Å². The minimum atomic E-state index is -0.444. The molecular formula is C15H30N4O2. The molecule has 0 aromatic carbocycles. The molecule has 0 fully saturated rings. The zero-order chi connectivity index (χ0) is 15.2. The Labute approximate surface area is 127 Å². The number of hydrogen-bond acceptors (Lipinski definition) is 5. The molecule has 1 aromatic heterocycles. The van der Waals surface area contributed by atoms with Gasteiger partial charge >= 0.3 is 0 Å². The summed E-state index contributed by atoms with van der Waals surface area (Å²) in [6.07, 6.45) is 10.6. The van der Waals surface area contributed by atoms with Crippen LogP contribution in [0.2, 0.25) is 0 Å². The van der Waals surface area contributed by atoms with Gasteiger partial charge < -0.3 is 15.2 Å². The van der Waals surface area contributed by atoms with Crippen LogP contribution in [0.15, 0.2) is 12.4 Å². The number of rotatable bonds is 14. The minimum Gasteiger partial charge on any atom is -0.389 e. The maximum absolute atomic E-state index is 9.76. The van der Waals surface area contributed by atoms with Gasteiger partial charge in [0.05, 0.1) is 25.5 Å². The van der Waals surface area contributed by atoms with Gasteiger partial charge in [-0.2, -0.15) is 0 Å². The van der Waals surface area contributed by atoms with Gasteiger partial charge in [-0.3, -0.25) is 4.68 Å². The first-order valence-corrected chi connectivity index (χ1v) is 8.13. The molecule has 1 aromatic rings. The largest absolute Gasteiger partial charge is 0.389 e. The number of ether oxygens (including phenoxy) is 1. The van der Waals surface area contributed by atoms with Crippen molar-refractivity contribution in [3.05, 3.63) is 12.4 Å². The molecule has 21 heavy (non-hydrogen) atoms. The lowest BCUT2D eigenvalue weighted by Crippen LogP contribution is -2.32. The molecule has 2 N–H and O–H groups in total. The molecule has 6 nitrogen and oxygen atoms in total. The molecule has 0 bridgehead atoms. The zero-order valence-corrected chi connectivity index (χ0v) is 13.2. The van der Waals surface area contributed by atoms with Crippen LogP contribution in [0.3, 0.4) is 0 Å². The standard InChI is InChI=1S/C15H30N4O2/c1-2-3-4-5-6-7-12-21-14-15(20)13-16-8-10-19-11-9-17-18-19/h9,11,15-16,20H,2-8,10,12-14H2,1H3. The van der Waals surface area contributed by atoms with Crippen molar-refractivity contribution in [3.63, 3.8) is 0 Å². The SMILES string of the molecule is CCCCCCCCOCC(O)CNCCn1ccnn1. The summed E-state index contributed by atoms with van der Waals surface area (Å²) in [5.74, 6) is 0. The summed E-state index contributed by atoms with van der Waals surface area (Å²) in [5.41, 5.74) is 0. The molecule has 122 valence electrons. The van der Waals surface area contributed by atoms with Gasteiger partial charge in [-0.25, -0.2) is 0 Å². The number of nitrogens with zero attached hydrogens (tertiary/aromatic N) is 3. The van der Waals surface area contributed by atoms with E-state index in [2.05, 4.69) is 22.6 Å². The highest BCUT2D eigenvalue weighted by atomic mass is 16.5. The lowest BCUT2D eigenvalue weighted by Gasteiger charge is -2.12. The number of nitrogens with one attached hydrogen (secondary N) is 1. The summed E-state index contributed by atoms with van der Waals surface area (Å²) >= 11 is 0. The van der Waals surface area contributed by atoms with E-state index in [1.165, 1.54) is 32.1 Å². The third kappa shape index (κ3) is 10.4. The van der Waals surface area contributed by atoms with Crippen LogP contribution in [0.25, 0.3) is 0 Å². The molecule has 0 saturated carbocycles. The topological polar surface area (TPSA) is 72.2 Å². The van der Waals surface area contributed by atoms with E-state index in [1.54, 1.807) is 10.9 Å². The molecule has 0 aliphatic carbocycles. The summed E-state index contributed by atoms with van der Waals surface area (Å²) in [6.45, 7) is 5.45. The third-order valence-electron chi connectivity index (χ3n) is 3.32. The summed E-state index contributed by atoms with van der Waals surface area (Å²) in [4.78, 5) is 0. The van der Waals surface area contributed by atoms with Crippen molar-refractivity contribution in [1.29, 1.82) is 0 Å². The summed E-state index contributed by atoms with van der Waals surface area (Å²) < 4.78 is 7.25. The Morgan fingerprint density at radius 2 is 2.05 bits per heavy atom. The summed E-state index contributed by atoms with van der Waals surface area (Å²) in [7, 11) is 0. The van der Waals surface area contributed by atoms with Crippen molar-refractivity contribution in [2.75, 3.05) is 26.3 Å². The average molecular weight is 298 g/mol. The van der Waals surface area contributed by atoms with E-state index in [0.717, 1.165) is 26.1 Å². The Morgan fingerprint density at radius 3 is 2.81 bits per heavy atom. The normalized spacial score (nSPS) is 12.7.